The van der Waals surface area contributed by atoms with Crippen LogP contribution < -0.4 is 4.90 Å². The fraction of sp³-hybridized carbons (Fsp3) is 0.273. The summed E-state index contributed by atoms with van der Waals surface area (Å²) in [6.45, 7) is 6.26. The van der Waals surface area contributed by atoms with Crippen molar-refractivity contribution in [3.63, 3.8) is 0 Å². The summed E-state index contributed by atoms with van der Waals surface area (Å²) in [4.78, 5) is 30.0. The van der Waals surface area contributed by atoms with E-state index in [0.29, 0.717) is 43.3 Å². The summed E-state index contributed by atoms with van der Waals surface area (Å²) in [7, 11) is 0. The first-order chi connectivity index (χ1) is 13.1. The average molecular weight is 362 g/mol. The summed E-state index contributed by atoms with van der Waals surface area (Å²) < 4.78 is 5.43. The second-order valence-electron chi connectivity index (χ2n) is 6.97. The van der Waals surface area contributed by atoms with E-state index in [0.717, 1.165) is 16.7 Å². The van der Waals surface area contributed by atoms with Crippen molar-refractivity contribution in [3.8, 4) is 0 Å². The molecule has 0 atom stereocenters. The largest absolute Gasteiger partial charge is 0.378 e. The second kappa shape index (κ2) is 7.00. The predicted molar refractivity (Wildman–Crippen MR) is 104 cm³/mol. The molecule has 138 valence electrons. The van der Waals surface area contributed by atoms with Gasteiger partial charge in [0.2, 0.25) is 0 Å². The number of rotatable bonds is 3. The number of carbonyl (C=O) groups excluding carboxylic acids is 2. The highest BCUT2D eigenvalue weighted by atomic mass is 16.5. The van der Waals surface area contributed by atoms with Gasteiger partial charge in [0.1, 0.15) is 5.70 Å². The molecule has 4 rings (SSSR count). The van der Waals surface area contributed by atoms with Gasteiger partial charge in [-0.25, -0.2) is 4.90 Å². The zero-order valence-corrected chi connectivity index (χ0v) is 15.6. The van der Waals surface area contributed by atoms with E-state index in [1.807, 2.05) is 61.2 Å². The number of benzene rings is 2. The minimum atomic E-state index is -0.268. The maximum atomic E-state index is 13.4. The predicted octanol–water partition coefficient (Wildman–Crippen LogP) is 2.92. The van der Waals surface area contributed by atoms with E-state index in [4.69, 9.17) is 4.74 Å². The summed E-state index contributed by atoms with van der Waals surface area (Å²) in [6.07, 6.45) is 0. The standard InChI is InChI=1S/C22H22N2O3/c1-15-6-8-17(9-7-15)19-20(23-10-12-27-13-11-23)22(26)24(21(19)25)18-5-3-4-16(2)14-18/h3-9,14H,10-13H2,1-2H3. The molecule has 0 unspecified atom stereocenters. The number of aryl methyl sites for hydroxylation is 2. The van der Waals surface area contributed by atoms with Gasteiger partial charge in [-0.05, 0) is 37.1 Å². The Bertz CT molecular complexity index is 925. The van der Waals surface area contributed by atoms with Crippen molar-refractivity contribution in [2.45, 2.75) is 13.8 Å². The smallest absolute Gasteiger partial charge is 0.282 e. The van der Waals surface area contributed by atoms with E-state index in [-0.39, 0.29) is 11.8 Å². The molecule has 1 saturated heterocycles. The number of nitrogens with zero attached hydrogens (tertiary/aromatic N) is 2. The summed E-state index contributed by atoms with van der Waals surface area (Å²) in [5.74, 6) is -0.529. The van der Waals surface area contributed by atoms with Crippen LogP contribution >= 0.6 is 0 Å². The molecule has 0 N–H and O–H groups in total. The van der Waals surface area contributed by atoms with Crippen LogP contribution in [0.5, 0.6) is 0 Å². The van der Waals surface area contributed by atoms with Crippen LogP contribution in [0.25, 0.3) is 5.57 Å². The van der Waals surface area contributed by atoms with Crippen LogP contribution in [0.3, 0.4) is 0 Å². The number of imide groups is 1. The van der Waals surface area contributed by atoms with Crippen LogP contribution in [0.1, 0.15) is 16.7 Å². The highest BCUT2D eigenvalue weighted by molar-refractivity contribution is 6.45. The molecule has 0 spiro atoms. The Hall–Kier alpha value is -2.92. The van der Waals surface area contributed by atoms with Gasteiger partial charge in [-0.2, -0.15) is 0 Å². The zero-order chi connectivity index (χ0) is 19.0. The van der Waals surface area contributed by atoms with Gasteiger partial charge < -0.3 is 9.64 Å². The molecular weight excluding hydrogens is 340 g/mol. The number of anilines is 1. The highest BCUT2D eigenvalue weighted by Crippen LogP contribution is 2.35. The number of hydrogen-bond acceptors (Lipinski definition) is 4. The first-order valence-electron chi connectivity index (χ1n) is 9.16. The Kier molecular flexibility index (Phi) is 4.54. The van der Waals surface area contributed by atoms with E-state index >= 15 is 0 Å². The molecule has 2 aliphatic heterocycles. The Morgan fingerprint density at radius 3 is 2.22 bits per heavy atom. The third-order valence-corrected chi connectivity index (χ3v) is 4.99. The summed E-state index contributed by atoms with van der Waals surface area (Å²) in [5, 5.41) is 0. The number of hydrogen-bond donors (Lipinski definition) is 0. The molecule has 1 fully saturated rings. The molecule has 5 heteroatoms. The molecule has 2 heterocycles. The molecule has 2 aromatic carbocycles. The molecule has 0 radical (unpaired) electrons. The van der Waals surface area contributed by atoms with Crippen molar-refractivity contribution in [2.75, 3.05) is 31.2 Å². The SMILES string of the molecule is Cc1ccc(C2=C(N3CCOCC3)C(=O)N(c3cccc(C)c3)C2=O)cc1. The molecule has 5 nitrogen and oxygen atoms in total. The number of carbonyl (C=O) groups is 2. The fourth-order valence-corrected chi connectivity index (χ4v) is 3.58. The van der Waals surface area contributed by atoms with Crippen LogP contribution in [0.2, 0.25) is 0 Å². The number of ether oxygens (including phenoxy) is 1. The average Bonchev–Trinajstić information content (AvgIpc) is 2.93. The van der Waals surface area contributed by atoms with E-state index in [1.54, 1.807) is 6.07 Å². The molecule has 0 saturated carbocycles. The van der Waals surface area contributed by atoms with Gasteiger partial charge in [-0.3, -0.25) is 9.59 Å². The van der Waals surface area contributed by atoms with E-state index in [1.165, 1.54) is 4.90 Å². The third kappa shape index (κ3) is 3.15. The molecule has 27 heavy (non-hydrogen) atoms. The monoisotopic (exact) mass is 362 g/mol. The minimum Gasteiger partial charge on any atom is -0.378 e. The van der Waals surface area contributed by atoms with Gasteiger partial charge in [0.05, 0.1) is 24.5 Å². The first kappa shape index (κ1) is 17.5. The lowest BCUT2D eigenvalue weighted by molar-refractivity contribution is -0.121. The van der Waals surface area contributed by atoms with Crippen LogP contribution in [0, 0.1) is 13.8 Å². The second-order valence-corrected chi connectivity index (χ2v) is 6.97. The number of morpholine rings is 1. The summed E-state index contributed by atoms with van der Waals surface area (Å²) in [6, 6.07) is 15.2. The molecule has 2 aliphatic rings. The fourth-order valence-electron chi connectivity index (χ4n) is 3.58. The van der Waals surface area contributed by atoms with Crippen molar-refractivity contribution in [3.05, 3.63) is 70.9 Å². The van der Waals surface area contributed by atoms with Gasteiger partial charge in [-0.1, -0.05) is 42.0 Å². The van der Waals surface area contributed by atoms with Gasteiger partial charge in [0, 0.05) is 13.1 Å². The van der Waals surface area contributed by atoms with Crippen LogP contribution in [-0.2, 0) is 14.3 Å². The molecule has 2 aromatic rings. The van der Waals surface area contributed by atoms with Gasteiger partial charge in [0.15, 0.2) is 0 Å². The third-order valence-electron chi connectivity index (χ3n) is 4.99. The van der Waals surface area contributed by atoms with Gasteiger partial charge in [0.25, 0.3) is 11.8 Å². The quantitative estimate of drug-likeness (QED) is 0.788. The molecule has 2 amide bonds. The minimum absolute atomic E-state index is 0.261. The molecule has 0 aliphatic carbocycles. The Morgan fingerprint density at radius 2 is 1.56 bits per heavy atom. The summed E-state index contributed by atoms with van der Waals surface area (Å²) >= 11 is 0. The maximum Gasteiger partial charge on any atom is 0.282 e. The van der Waals surface area contributed by atoms with Crippen molar-refractivity contribution < 1.29 is 14.3 Å². The van der Waals surface area contributed by atoms with Gasteiger partial charge in [-0.15, -0.1) is 0 Å². The van der Waals surface area contributed by atoms with E-state index in [2.05, 4.69) is 0 Å². The van der Waals surface area contributed by atoms with Crippen LogP contribution in [0.4, 0.5) is 5.69 Å². The maximum absolute atomic E-state index is 13.4. The molecule has 0 aromatic heterocycles. The van der Waals surface area contributed by atoms with Crippen molar-refractivity contribution in [2.24, 2.45) is 0 Å². The van der Waals surface area contributed by atoms with E-state index < -0.39 is 0 Å². The van der Waals surface area contributed by atoms with Crippen molar-refractivity contribution in [1.29, 1.82) is 0 Å². The van der Waals surface area contributed by atoms with Crippen LogP contribution in [0.15, 0.2) is 54.2 Å². The molecule has 0 bridgehead atoms. The normalized spacial score (nSPS) is 17.9. The Labute approximate surface area is 158 Å². The highest BCUT2D eigenvalue weighted by Gasteiger charge is 2.42. The van der Waals surface area contributed by atoms with Crippen molar-refractivity contribution in [1.82, 2.24) is 4.90 Å². The Balaban J connectivity index is 1.83. The zero-order valence-electron chi connectivity index (χ0n) is 15.6. The van der Waals surface area contributed by atoms with Crippen LogP contribution in [-0.4, -0.2) is 43.0 Å². The van der Waals surface area contributed by atoms with E-state index in [9.17, 15) is 9.59 Å². The summed E-state index contributed by atoms with van der Waals surface area (Å²) in [5.41, 5.74) is 4.45. The lowest BCUT2D eigenvalue weighted by atomic mass is 10.0. The van der Waals surface area contributed by atoms with Crippen molar-refractivity contribution >= 4 is 23.1 Å². The lowest BCUT2D eigenvalue weighted by Crippen LogP contribution is -2.40. The number of amides is 2. The molecular formula is C22H22N2O3. The van der Waals surface area contributed by atoms with Gasteiger partial charge >= 0.3 is 0 Å². The first-order valence-corrected chi connectivity index (χ1v) is 9.16. The lowest BCUT2D eigenvalue weighted by Gasteiger charge is -2.29. The Morgan fingerprint density at radius 1 is 0.852 bits per heavy atom. The topological polar surface area (TPSA) is 49.9 Å².